The molecule has 0 saturated carbocycles. The number of hydrogen-bond donors (Lipinski definition) is 3. The number of ether oxygens (including phenoxy) is 1. The van der Waals surface area contributed by atoms with E-state index in [4.69, 9.17) is 24.5 Å². The average Bonchev–Trinajstić information content (AvgIpc) is 2.55. The van der Waals surface area contributed by atoms with Crippen molar-refractivity contribution in [3.05, 3.63) is 30.1 Å². The van der Waals surface area contributed by atoms with Crippen molar-refractivity contribution in [3.63, 3.8) is 0 Å². The van der Waals surface area contributed by atoms with Gasteiger partial charge in [-0.3, -0.25) is 0 Å². The van der Waals surface area contributed by atoms with Crippen molar-refractivity contribution in [2.75, 3.05) is 39.3 Å². The molecule has 1 aliphatic heterocycles. The molecule has 1 aromatic carbocycles. The number of benzene rings is 1. The molecule has 23 heavy (non-hydrogen) atoms. The summed E-state index contributed by atoms with van der Waals surface area (Å²) in [5.74, 6) is -3.13. The lowest BCUT2D eigenvalue weighted by molar-refractivity contribution is -0.159. The van der Waals surface area contributed by atoms with E-state index in [9.17, 15) is 4.39 Å². The molecule has 0 aliphatic carbocycles. The molecule has 0 amide bonds. The topological polar surface area (TPSA) is 99.1 Å². The molecule has 8 heteroatoms. The van der Waals surface area contributed by atoms with Gasteiger partial charge in [0.05, 0.1) is 6.61 Å². The molecule has 2 rings (SSSR count). The predicted octanol–water partition coefficient (Wildman–Crippen LogP) is 0.655. The van der Waals surface area contributed by atoms with E-state index < -0.39 is 11.9 Å². The molecule has 7 nitrogen and oxygen atoms in total. The molecule has 0 aromatic heterocycles. The summed E-state index contributed by atoms with van der Waals surface area (Å²) in [6, 6.07) is 6.18. The highest BCUT2D eigenvalue weighted by Gasteiger charge is 2.08. The zero-order valence-electron chi connectivity index (χ0n) is 12.7. The third-order valence-corrected chi connectivity index (χ3v) is 3.09. The Labute approximate surface area is 133 Å². The summed E-state index contributed by atoms with van der Waals surface area (Å²) in [5.41, 5.74) is 0. The van der Waals surface area contributed by atoms with Crippen molar-refractivity contribution in [2.45, 2.75) is 6.42 Å². The second-order valence-corrected chi connectivity index (χ2v) is 4.86. The molecular weight excluding hydrogens is 307 g/mol. The minimum absolute atomic E-state index is 0.224. The molecular formula is C15H21FN2O5. The zero-order chi connectivity index (χ0) is 17.1. The molecule has 0 bridgehead atoms. The molecule has 0 atom stereocenters. The largest absolute Gasteiger partial charge is 0.494 e. The Balaban J connectivity index is 0.000000379. The number of aliphatic carboxylic acids is 2. The minimum Gasteiger partial charge on any atom is -0.494 e. The van der Waals surface area contributed by atoms with Crippen LogP contribution in [0.5, 0.6) is 5.75 Å². The van der Waals surface area contributed by atoms with Gasteiger partial charge in [-0.2, -0.15) is 0 Å². The van der Waals surface area contributed by atoms with Gasteiger partial charge in [-0.1, -0.05) is 0 Å². The van der Waals surface area contributed by atoms with Gasteiger partial charge in [0.2, 0.25) is 0 Å². The lowest BCUT2D eigenvalue weighted by Crippen LogP contribution is -2.43. The van der Waals surface area contributed by atoms with Crippen molar-refractivity contribution in [2.24, 2.45) is 0 Å². The summed E-state index contributed by atoms with van der Waals surface area (Å²) in [4.78, 5) is 20.6. The number of halogens is 1. The van der Waals surface area contributed by atoms with E-state index in [1.54, 1.807) is 12.1 Å². The second-order valence-electron chi connectivity index (χ2n) is 4.86. The van der Waals surface area contributed by atoms with Crippen molar-refractivity contribution in [3.8, 4) is 5.75 Å². The van der Waals surface area contributed by atoms with E-state index in [1.807, 2.05) is 0 Å². The van der Waals surface area contributed by atoms with Crippen LogP contribution in [0.2, 0.25) is 0 Å². The molecule has 0 spiro atoms. The molecule has 1 aromatic rings. The van der Waals surface area contributed by atoms with E-state index in [-0.39, 0.29) is 5.82 Å². The maximum absolute atomic E-state index is 12.6. The van der Waals surface area contributed by atoms with Gasteiger partial charge in [-0.05, 0) is 30.7 Å². The van der Waals surface area contributed by atoms with Crippen LogP contribution in [-0.2, 0) is 9.59 Å². The molecule has 1 aliphatic rings. The summed E-state index contributed by atoms with van der Waals surface area (Å²) < 4.78 is 18.2. The smallest absolute Gasteiger partial charge is 0.414 e. The first-order chi connectivity index (χ1) is 11.0. The lowest BCUT2D eigenvalue weighted by Gasteiger charge is -2.26. The number of carbonyl (C=O) groups is 2. The molecule has 3 N–H and O–H groups in total. The Morgan fingerprint density at radius 2 is 1.70 bits per heavy atom. The predicted molar refractivity (Wildman–Crippen MR) is 81.1 cm³/mol. The van der Waals surface area contributed by atoms with E-state index in [1.165, 1.54) is 12.1 Å². The quantitative estimate of drug-likeness (QED) is 0.539. The Hall–Kier alpha value is -2.19. The fourth-order valence-corrected chi connectivity index (χ4v) is 1.94. The average molecular weight is 328 g/mol. The monoisotopic (exact) mass is 328 g/mol. The van der Waals surface area contributed by atoms with Gasteiger partial charge in [-0.25, -0.2) is 14.0 Å². The van der Waals surface area contributed by atoms with Gasteiger partial charge in [0.25, 0.3) is 0 Å². The van der Waals surface area contributed by atoms with Gasteiger partial charge in [-0.15, -0.1) is 0 Å². The van der Waals surface area contributed by atoms with Crippen LogP contribution in [0.1, 0.15) is 6.42 Å². The molecule has 128 valence electrons. The minimum atomic E-state index is -1.82. The summed E-state index contributed by atoms with van der Waals surface area (Å²) >= 11 is 0. The molecule has 1 fully saturated rings. The van der Waals surface area contributed by atoms with E-state index in [0.29, 0.717) is 6.61 Å². The summed E-state index contributed by atoms with van der Waals surface area (Å²) in [7, 11) is 0. The number of rotatable bonds is 5. The van der Waals surface area contributed by atoms with Crippen molar-refractivity contribution in [1.82, 2.24) is 10.2 Å². The first-order valence-electron chi connectivity index (χ1n) is 7.26. The van der Waals surface area contributed by atoms with Crippen molar-refractivity contribution < 1.29 is 28.9 Å². The maximum Gasteiger partial charge on any atom is 0.414 e. The van der Waals surface area contributed by atoms with Crippen molar-refractivity contribution >= 4 is 11.9 Å². The number of piperazine rings is 1. The summed E-state index contributed by atoms with van der Waals surface area (Å²) in [5, 5.41) is 18.1. The highest BCUT2D eigenvalue weighted by molar-refractivity contribution is 6.27. The fraction of sp³-hybridized carbons (Fsp3) is 0.467. The van der Waals surface area contributed by atoms with E-state index in [0.717, 1.165) is 44.9 Å². The van der Waals surface area contributed by atoms with Crippen LogP contribution in [0, 0.1) is 5.82 Å². The standard InChI is InChI=1S/C13H19FN2O.C2H2O4/c14-12-2-4-13(5-3-12)17-11-1-8-16-9-6-15-7-10-16;3-1(4)2(5)6/h2-5,15H,1,6-11H2;(H,3,4)(H,5,6). The van der Waals surface area contributed by atoms with Crippen LogP contribution in [0.25, 0.3) is 0 Å². The van der Waals surface area contributed by atoms with Gasteiger partial charge < -0.3 is 25.2 Å². The third-order valence-electron chi connectivity index (χ3n) is 3.09. The van der Waals surface area contributed by atoms with Gasteiger partial charge in [0.1, 0.15) is 11.6 Å². The first kappa shape index (κ1) is 18.9. The van der Waals surface area contributed by atoms with Crippen LogP contribution < -0.4 is 10.1 Å². The Kier molecular flexibility index (Phi) is 8.63. The highest BCUT2D eigenvalue weighted by atomic mass is 19.1. The molecule has 0 radical (unpaired) electrons. The second kappa shape index (κ2) is 10.5. The number of carboxylic acids is 2. The molecule has 1 saturated heterocycles. The van der Waals surface area contributed by atoms with Gasteiger partial charge in [0.15, 0.2) is 0 Å². The normalized spacial score (nSPS) is 14.5. The number of nitrogens with zero attached hydrogens (tertiary/aromatic N) is 1. The first-order valence-corrected chi connectivity index (χ1v) is 7.26. The highest BCUT2D eigenvalue weighted by Crippen LogP contribution is 2.11. The molecule has 1 heterocycles. The third kappa shape index (κ3) is 8.74. The summed E-state index contributed by atoms with van der Waals surface area (Å²) in [6.07, 6.45) is 1.01. The van der Waals surface area contributed by atoms with Crippen LogP contribution in [0.15, 0.2) is 24.3 Å². The number of carboxylic acid groups (broad SMARTS) is 2. The number of nitrogens with one attached hydrogen (secondary N) is 1. The zero-order valence-corrected chi connectivity index (χ0v) is 12.7. The Morgan fingerprint density at radius 1 is 1.13 bits per heavy atom. The Morgan fingerprint density at radius 3 is 2.22 bits per heavy atom. The van der Waals surface area contributed by atoms with Gasteiger partial charge in [0, 0.05) is 32.7 Å². The summed E-state index contributed by atoms with van der Waals surface area (Å²) in [6.45, 7) is 6.17. The van der Waals surface area contributed by atoms with E-state index >= 15 is 0 Å². The SMILES string of the molecule is Fc1ccc(OCCCN2CCNCC2)cc1.O=C(O)C(=O)O. The van der Waals surface area contributed by atoms with E-state index in [2.05, 4.69) is 10.2 Å². The van der Waals surface area contributed by atoms with Crippen LogP contribution in [0.4, 0.5) is 4.39 Å². The van der Waals surface area contributed by atoms with Crippen LogP contribution >= 0.6 is 0 Å². The number of hydrogen-bond acceptors (Lipinski definition) is 5. The van der Waals surface area contributed by atoms with Gasteiger partial charge >= 0.3 is 11.9 Å². The van der Waals surface area contributed by atoms with Crippen LogP contribution in [0.3, 0.4) is 0 Å². The fourth-order valence-electron chi connectivity index (χ4n) is 1.94. The van der Waals surface area contributed by atoms with Crippen LogP contribution in [-0.4, -0.2) is 66.4 Å². The maximum atomic E-state index is 12.6. The lowest BCUT2D eigenvalue weighted by atomic mass is 10.3. The Bertz CT molecular complexity index is 477. The molecule has 0 unspecified atom stereocenters. The van der Waals surface area contributed by atoms with Crippen molar-refractivity contribution in [1.29, 1.82) is 0 Å².